The lowest BCUT2D eigenvalue weighted by atomic mass is 10.1. The number of H-pyrrole nitrogens is 1. The van der Waals surface area contributed by atoms with E-state index in [2.05, 4.69) is 27.4 Å². The highest BCUT2D eigenvalue weighted by atomic mass is 35.5. The molecule has 0 aromatic carbocycles. The zero-order valence-corrected chi connectivity index (χ0v) is 11.6. The molecule has 1 amide bonds. The molecule has 2 aromatic heterocycles. The Morgan fingerprint density at radius 2 is 2.21 bits per heavy atom. The van der Waals surface area contributed by atoms with E-state index in [1.54, 1.807) is 18.2 Å². The monoisotopic (exact) mass is 278 g/mol. The van der Waals surface area contributed by atoms with Gasteiger partial charge in [0.05, 0.1) is 0 Å². The van der Waals surface area contributed by atoms with Gasteiger partial charge in [0.15, 0.2) is 5.82 Å². The van der Waals surface area contributed by atoms with Crippen LogP contribution in [-0.2, 0) is 6.42 Å². The third-order valence-corrected chi connectivity index (χ3v) is 2.76. The Morgan fingerprint density at radius 3 is 2.84 bits per heavy atom. The van der Waals surface area contributed by atoms with Gasteiger partial charge in [0, 0.05) is 23.0 Å². The smallest absolute Gasteiger partial charge is 0.257 e. The minimum Gasteiger partial charge on any atom is -0.305 e. The molecule has 0 bridgehead atoms. The minimum atomic E-state index is -0.242. The number of amides is 1. The van der Waals surface area contributed by atoms with Crippen LogP contribution in [0.15, 0.2) is 18.2 Å². The average Bonchev–Trinajstić information content (AvgIpc) is 2.74. The van der Waals surface area contributed by atoms with E-state index in [4.69, 9.17) is 11.6 Å². The highest BCUT2D eigenvalue weighted by Crippen LogP contribution is 2.14. The Morgan fingerprint density at radius 1 is 1.42 bits per heavy atom. The zero-order valence-electron chi connectivity index (χ0n) is 10.8. The van der Waals surface area contributed by atoms with Crippen LogP contribution >= 0.6 is 11.6 Å². The molecule has 0 aliphatic carbocycles. The van der Waals surface area contributed by atoms with Crippen LogP contribution in [-0.4, -0.2) is 21.1 Å². The Labute approximate surface area is 116 Å². The third kappa shape index (κ3) is 3.54. The predicted molar refractivity (Wildman–Crippen MR) is 74.5 cm³/mol. The number of aromatic amines is 1. The summed E-state index contributed by atoms with van der Waals surface area (Å²) in [6.07, 6.45) is 1.75. The number of carbonyl (C=O) groups is 1. The molecule has 19 heavy (non-hydrogen) atoms. The van der Waals surface area contributed by atoms with Gasteiger partial charge in [0.1, 0.15) is 5.15 Å². The number of nitrogens with one attached hydrogen (secondary N) is 2. The summed E-state index contributed by atoms with van der Waals surface area (Å²) in [5.41, 5.74) is 2.19. The molecule has 2 heterocycles. The van der Waals surface area contributed by atoms with Gasteiger partial charge in [-0.2, -0.15) is 5.10 Å². The first-order chi connectivity index (χ1) is 9.08. The van der Waals surface area contributed by atoms with Gasteiger partial charge in [-0.25, -0.2) is 4.98 Å². The molecule has 0 unspecified atom stereocenters. The molecule has 0 aliphatic heterocycles. The van der Waals surface area contributed by atoms with Gasteiger partial charge in [-0.1, -0.05) is 24.9 Å². The van der Waals surface area contributed by atoms with Crippen molar-refractivity contribution in [2.24, 2.45) is 0 Å². The zero-order chi connectivity index (χ0) is 13.8. The molecular weight excluding hydrogens is 264 g/mol. The number of rotatable bonds is 4. The predicted octanol–water partition coefficient (Wildman–Crippen LogP) is 2.97. The van der Waals surface area contributed by atoms with E-state index < -0.39 is 0 Å². The summed E-state index contributed by atoms with van der Waals surface area (Å²) in [6, 6.07) is 5.06. The fraction of sp³-hybridized carbons (Fsp3) is 0.308. The second-order valence-corrected chi connectivity index (χ2v) is 4.70. The van der Waals surface area contributed by atoms with E-state index in [9.17, 15) is 4.79 Å². The van der Waals surface area contributed by atoms with Crippen LogP contribution in [0.4, 0.5) is 5.82 Å². The fourth-order valence-electron chi connectivity index (χ4n) is 1.74. The minimum absolute atomic E-state index is 0.242. The number of pyridine rings is 1. The van der Waals surface area contributed by atoms with Crippen molar-refractivity contribution in [1.29, 1.82) is 0 Å². The molecule has 0 radical (unpaired) electrons. The number of anilines is 1. The molecule has 0 atom stereocenters. The van der Waals surface area contributed by atoms with Crippen LogP contribution in [0.3, 0.4) is 0 Å². The normalized spacial score (nSPS) is 10.5. The molecule has 2 N–H and O–H groups in total. The standard InChI is InChI=1S/C13H15ClN4O/c1-3-4-10-6-9(7-11(14)15-10)13(19)16-12-5-8(2)17-18-12/h5-7H,3-4H2,1-2H3,(H2,16,17,18,19). The number of nitrogens with zero attached hydrogens (tertiary/aromatic N) is 2. The molecule has 2 rings (SSSR count). The van der Waals surface area contributed by atoms with Gasteiger partial charge in [-0.3, -0.25) is 9.89 Å². The molecule has 0 saturated heterocycles. The van der Waals surface area contributed by atoms with Crippen LogP contribution < -0.4 is 5.32 Å². The second kappa shape index (κ2) is 5.84. The third-order valence-electron chi connectivity index (χ3n) is 2.56. The van der Waals surface area contributed by atoms with E-state index in [0.717, 1.165) is 24.2 Å². The first kappa shape index (κ1) is 13.5. The molecule has 2 aromatic rings. The van der Waals surface area contributed by atoms with E-state index in [0.29, 0.717) is 16.5 Å². The summed E-state index contributed by atoms with van der Waals surface area (Å²) >= 11 is 5.92. The Bertz CT molecular complexity index is 594. The first-order valence-electron chi connectivity index (χ1n) is 6.08. The average molecular weight is 279 g/mol. The number of aromatic nitrogens is 3. The van der Waals surface area contributed by atoms with Crippen molar-refractivity contribution in [2.45, 2.75) is 26.7 Å². The lowest BCUT2D eigenvalue weighted by Gasteiger charge is -2.05. The molecule has 6 heteroatoms. The fourth-order valence-corrected chi connectivity index (χ4v) is 1.96. The summed E-state index contributed by atoms with van der Waals surface area (Å²) in [7, 11) is 0. The van der Waals surface area contributed by atoms with Crippen molar-refractivity contribution in [3.05, 3.63) is 40.3 Å². The highest BCUT2D eigenvalue weighted by molar-refractivity contribution is 6.29. The number of aryl methyl sites for hydroxylation is 2. The number of hydrogen-bond donors (Lipinski definition) is 2. The Hall–Kier alpha value is -1.88. The SMILES string of the molecule is CCCc1cc(C(=O)Nc2cc(C)[nH]n2)cc(Cl)n1. The van der Waals surface area contributed by atoms with Crippen molar-refractivity contribution in [3.8, 4) is 0 Å². The Balaban J connectivity index is 2.18. The first-order valence-corrected chi connectivity index (χ1v) is 6.46. The van der Waals surface area contributed by atoms with E-state index in [-0.39, 0.29) is 5.91 Å². The van der Waals surface area contributed by atoms with Gasteiger partial charge in [0.25, 0.3) is 5.91 Å². The van der Waals surface area contributed by atoms with E-state index in [1.165, 1.54) is 0 Å². The van der Waals surface area contributed by atoms with Crippen LogP contribution in [0.1, 0.15) is 35.1 Å². The molecule has 0 spiro atoms. The van der Waals surface area contributed by atoms with Crippen LogP contribution in [0, 0.1) is 6.92 Å². The number of hydrogen-bond acceptors (Lipinski definition) is 3. The lowest BCUT2D eigenvalue weighted by Crippen LogP contribution is -2.13. The maximum atomic E-state index is 12.1. The molecule has 0 fully saturated rings. The Kier molecular flexibility index (Phi) is 4.16. The van der Waals surface area contributed by atoms with Crippen molar-refractivity contribution >= 4 is 23.3 Å². The van der Waals surface area contributed by atoms with Gasteiger partial charge in [0.2, 0.25) is 0 Å². The molecule has 5 nitrogen and oxygen atoms in total. The van der Waals surface area contributed by atoms with E-state index in [1.807, 2.05) is 6.92 Å². The molecule has 0 aliphatic rings. The lowest BCUT2D eigenvalue weighted by molar-refractivity contribution is 0.102. The highest BCUT2D eigenvalue weighted by Gasteiger charge is 2.10. The largest absolute Gasteiger partial charge is 0.305 e. The van der Waals surface area contributed by atoms with Crippen LogP contribution in [0.2, 0.25) is 5.15 Å². The quantitative estimate of drug-likeness (QED) is 0.845. The van der Waals surface area contributed by atoms with Gasteiger partial charge in [-0.05, 0) is 25.5 Å². The van der Waals surface area contributed by atoms with Gasteiger partial charge < -0.3 is 5.32 Å². The second-order valence-electron chi connectivity index (χ2n) is 4.31. The van der Waals surface area contributed by atoms with Crippen molar-refractivity contribution in [1.82, 2.24) is 15.2 Å². The maximum Gasteiger partial charge on any atom is 0.257 e. The van der Waals surface area contributed by atoms with Crippen molar-refractivity contribution < 1.29 is 4.79 Å². The van der Waals surface area contributed by atoms with Crippen LogP contribution in [0.5, 0.6) is 0 Å². The summed E-state index contributed by atoms with van der Waals surface area (Å²) in [5, 5.41) is 9.76. The molecule has 0 saturated carbocycles. The molecular formula is C13H15ClN4O. The maximum absolute atomic E-state index is 12.1. The number of halogens is 1. The molecule has 100 valence electrons. The summed E-state index contributed by atoms with van der Waals surface area (Å²) < 4.78 is 0. The van der Waals surface area contributed by atoms with Crippen molar-refractivity contribution in [3.63, 3.8) is 0 Å². The topological polar surface area (TPSA) is 70.7 Å². The summed E-state index contributed by atoms with van der Waals surface area (Å²) in [5.74, 6) is 0.251. The van der Waals surface area contributed by atoms with Gasteiger partial charge in [-0.15, -0.1) is 0 Å². The van der Waals surface area contributed by atoms with E-state index >= 15 is 0 Å². The summed E-state index contributed by atoms with van der Waals surface area (Å²) in [6.45, 7) is 3.92. The van der Waals surface area contributed by atoms with Crippen LogP contribution in [0.25, 0.3) is 0 Å². The number of carbonyl (C=O) groups excluding carboxylic acids is 1. The van der Waals surface area contributed by atoms with Crippen molar-refractivity contribution in [2.75, 3.05) is 5.32 Å². The van der Waals surface area contributed by atoms with Gasteiger partial charge >= 0.3 is 0 Å². The summed E-state index contributed by atoms with van der Waals surface area (Å²) in [4.78, 5) is 16.3.